The number of carbonyl (C=O) groups is 2. The molecule has 1 heterocycles. The van der Waals surface area contributed by atoms with Crippen LogP contribution in [0.5, 0.6) is 0 Å². The van der Waals surface area contributed by atoms with Crippen molar-refractivity contribution in [3.05, 3.63) is 90.0 Å². The van der Waals surface area contributed by atoms with Crippen LogP contribution >= 0.6 is 0 Å². The molecule has 4 rings (SSSR count). The minimum absolute atomic E-state index is 0.114. The molecule has 1 aliphatic heterocycles. The number of para-hydroxylation sites is 1. The van der Waals surface area contributed by atoms with E-state index >= 15 is 0 Å². The van der Waals surface area contributed by atoms with Crippen LogP contribution in [-0.2, 0) is 20.9 Å². The molecule has 1 amide bonds. The van der Waals surface area contributed by atoms with Crippen molar-refractivity contribution in [2.24, 2.45) is 0 Å². The van der Waals surface area contributed by atoms with Gasteiger partial charge in [0.05, 0.1) is 5.92 Å². The lowest BCUT2D eigenvalue weighted by atomic mass is 9.91. The molecule has 134 valence electrons. The first kappa shape index (κ1) is 17.0. The summed E-state index contributed by atoms with van der Waals surface area (Å²) in [7, 11) is 0. The van der Waals surface area contributed by atoms with Crippen molar-refractivity contribution in [3.63, 3.8) is 0 Å². The summed E-state index contributed by atoms with van der Waals surface area (Å²) in [6.45, 7) is 0.189. The SMILES string of the molecule is O=C1CC(C(=O)OCc2ccc(-c3ccccc3)cc2)c2ccccc2N1. The number of anilines is 1. The Hall–Kier alpha value is -3.40. The molecule has 0 bridgehead atoms. The molecule has 0 fully saturated rings. The van der Waals surface area contributed by atoms with E-state index in [1.807, 2.05) is 60.7 Å². The number of ether oxygens (including phenoxy) is 1. The standard InChI is InChI=1S/C23H19NO3/c25-22-14-20(19-8-4-5-9-21(19)24-22)23(26)27-15-16-10-12-18(13-11-16)17-6-2-1-3-7-17/h1-13,20H,14-15H2,(H,24,25). The summed E-state index contributed by atoms with van der Waals surface area (Å²) in [4.78, 5) is 24.4. The Labute approximate surface area is 157 Å². The molecular formula is C23H19NO3. The summed E-state index contributed by atoms with van der Waals surface area (Å²) < 4.78 is 5.50. The van der Waals surface area contributed by atoms with Crippen LogP contribution in [0.15, 0.2) is 78.9 Å². The third kappa shape index (κ3) is 3.75. The fraction of sp³-hybridized carbons (Fsp3) is 0.130. The monoisotopic (exact) mass is 357 g/mol. The highest BCUT2D eigenvalue weighted by molar-refractivity contribution is 5.99. The minimum Gasteiger partial charge on any atom is -0.460 e. The highest BCUT2D eigenvalue weighted by atomic mass is 16.5. The van der Waals surface area contributed by atoms with Gasteiger partial charge in [-0.3, -0.25) is 9.59 Å². The summed E-state index contributed by atoms with van der Waals surface area (Å²) in [6, 6.07) is 25.4. The zero-order valence-electron chi connectivity index (χ0n) is 14.7. The predicted molar refractivity (Wildman–Crippen MR) is 104 cm³/mol. The van der Waals surface area contributed by atoms with Crippen molar-refractivity contribution in [1.29, 1.82) is 0 Å². The molecule has 3 aromatic carbocycles. The van der Waals surface area contributed by atoms with Gasteiger partial charge in [-0.15, -0.1) is 0 Å². The van der Waals surface area contributed by atoms with Crippen LogP contribution in [0.4, 0.5) is 5.69 Å². The van der Waals surface area contributed by atoms with E-state index in [2.05, 4.69) is 17.4 Å². The maximum Gasteiger partial charge on any atom is 0.314 e. The molecule has 0 aromatic heterocycles. The van der Waals surface area contributed by atoms with Crippen LogP contribution in [0.1, 0.15) is 23.5 Å². The highest BCUT2D eigenvalue weighted by Gasteiger charge is 2.31. The maximum absolute atomic E-state index is 12.6. The van der Waals surface area contributed by atoms with Gasteiger partial charge in [-0.25, -0.2) is 0 Å². The third-order valence-electron chi connectivity index (χ3n) is 4.73. The Balaban J connectivity index is 1.43. The average molecular weight is 357 g/mol. The number of amides is 1. The van der Waals surface area contributed by atoms with E-state index in [0.717, 1.165) is 22.3 Å². The molecule has 4 heteroatoms. The van der Waals surface area contributed by atoms with E-state index < -0.39 is 5.92 Å². The van der Waals surface area contributed by atoms with Crippen molar-refractivity contribution < 1.29 is 14.3 Å². The summed E-state index contributed by atoms with van der Waals surface area (Å²) in [5.41, 5.74) is 4.66. The van der Waals surface area contributed by atoms with E-state index in [4.69, 9.17) is 4.74 Å². The van der Waals surface area contributed by atoms with Gasteiger partial charge in [0.2, 0.25) is 5.91 Å². The van der Waals surface area contributed by atoms with Gasteiger partial charge in [0.15, 0.2) is 0 Å². The van der Waals surface area contributed by atoms with E-state index in [9.17, 15) is 9.59 Å². The average Bonchev–Trinajstić information content (AvgIpc) is 2.72. The highest BCUT2D eigenvalue weighted by Crippen LogP contribution is 2.33. The lowest BCUT2D eigenvalue weighted by Gasteiger charge is -2.24. The summed E-state index contributed by atoms with van der Waals surface area (Å²) in [6.07, 6.45) is 0.114. The second-order valence-electron chi connectivity index (χ2n) is 6.56. The Bertz CT molecular complexity index is 964. The van der Waals surface area contributed by atoms with Crippen LogP contribution in [0, 0.1) is 0 Å². The van der Waals surface area contributed by atoms with Gasteiger partial charge in [-0.2, -0.15) is 0 Å². The second kappa shape index (κ2) is 7.46. The first-order valence-electron chi connectivity index (χ1n) is 8.90. The Morgan fingerprint density at radius 3 is 2.33 bits per heavy atom. The van der Waals surface area contributed by atoms with Crippen LogP contribution in [0.2, 0.25) is 0 Å². The molecule has 0 saturated carbocycles. The zero-order chi connectivity index (χ0) is 18.6. The number of fused-ring (bicyclic) bond motifs is 1. The quantitative estimate of drug-likeness (QED) is 0.698. The van der Waals surface area contributed by atoms with Crippen molar-refractivity contribution in [2.75, 3.05) is 5.32 Å². The predicted octanol–water partition coefficient (Wildman–Crippen LogP) is 4.52. The van der Waals surface area contributed by atoms with Gasteiger partial charge >= 0.3 is 5.97 Å². The molecule has 0 aliphatic carbocycles. The van der Waals surface area contributed by atoms with Gasteiger partial charge in [-0.1, -0.05) is 72.8 Å². The largest absolute Gasteiger partial charge is 0.460 e. The van der Waals surface area contributed by atoms with Gasteiger partial charge in [-0.05, 0) is 28.3 Å². The number of nitrogens with one attached hydrogen (secondary N) is 1. The molecule has 1 atom stereocenters. The number of hydrogen-bond donors (Lipinski definition) is 1. The summed E-state index contributed by atoms with van der Waals surface area (Å²) in [5.74, 6) is -1.09. The number of esters is 1. The fourth-order valence-corrected chi connectivity index (χ4v) is 3.30. The Kier molecular flexibility index (Phi) is 4.71. The number of benzene rings is 3. The molecule has 1 N–H and O–H groups in total. The Morgan fingerprint density at radius 1 is 0.889 bits per heavy atom. The van der Waals surface area contributed by atoms with Crippen LogP contribution < -0.4 is 5.32 Å². The lowest BCUT2D eigenvalue weighted by Crippen LogP contribution is -2.28. The maximum atomic E-state index is 12.6. The van der Waals surface area contributed by atoms with Crippen LogP contribution in [-0.4, -0.2) is 11.9 Å². The number of rotatable bonds is 4. The normalized spacial score (nSPS) is 15.6. The molecule has 3 aromatic rings. The van der Waals surface area contributed by atoms with Gasteiger partial charge in [0.25, 0.3) is 0 Å². The van der Waals surface area contributed by atoms with Crippen molar-refractivity contribution in [3.8, 4) is 11.1 Å². The van der Waals surface area contributed by atoms with E-state index in [1.54, 1.807) is 6.07 Å². The topological polar surface area (TPSA) is 55.4 Å². The van der Waals surface area contributed by atoms with Crippen molar-refractivity contribution in [1.82, 2.24) is 0 Å². The first-order valence-corrected chi connectivity index (χ1v) is 8.90. The van der Waals surface area contributed by atoms with Crippen molar-refractivity contribution >= 4 is 17.6 Å². The van der Waals surface area contributed by atoms with Crippen LogP contribution in [0.25, 0.3) is 11.1 Å². The zero-order valence-corrected chi connectivity index (χ0v) is 14.7. The molecule has 0 spiro atoms. The molecule has 0 radical (unpaired) electrons. The van der Waals surface area contributed by atoms with E-state index in [-0.39, 0.29) is 24.9 Å². The molecular weight excluding hydrogens is 338 g/mol. The van der Waals surface area contributed by atoms with Crippen molar-refractivity contribution in [2.45, 2.75) is 18.9 Å². The fourth-order valence-electron chi connectivity index (χ4n) is 3.30. The molecule has 0 saturated heterocycles. The van der Waals surface area contributed by atoms with E-state index in [1.165, 1.54) is 0 Å². The van der Waals surface area contributed by atoms with Gasteiger partial charge < -0.3 is 10.1 Å². The summed E-state index contributed by atoms with van der Waals surface area (Å²) >= 11 is 0. The molecule has 4 nitrogen and oxygen atoms in total. The number of hydrogen-bond acceptors (Lipinski definition) is 3. The Morgan fingerprint density at radius 2 is 1.56 bits per heavy atom. The smallest absolute Gasteiger partial charge is 0.314 e. The second-order valence-corrected chi connectivity index (χ2v) is 6.56. The van der Waals surface area contributed by atoms with Gasteiger partial charge in [0, 0.05) is 12.1 Å². The van der Waals surface area contributed by atoms with Gasteiger partial charge in [0.1, 0.15) is 6.61 Å². The summed E-state index contributed by atoms with van der Waals surface area (Å²) in [5, 5.41) is 2.79. The van der Waals surface area contributed by atoms with E-state index in [0.29, 0.717) is 5.69 Å². The minimum atomic E-state index is -0.557. The molecule has 1 unspecified atom stereocenters. The third-order valence-corrected chi connectivity index (χ3v) is 4.73. The first-order chi connectivity index (χ1) is 13.2. The lowest BCUT2D eigenvalue weighted by molar-refractivity contribution is -0.148. The molecule has 27 heavy (non-hydrogen) atoms. The number of carbonyl (C=O) groups excluding carboxylic acids is 2. The molecule has 1 aliphatic rings. The van der Waals surface area contributed by atoms with Crippen LogP contribution in [0.3, 0.4) is 0 Å².